The van der Waals surface area contributed by atoms with Gasteiger partial charge in [-0.2, -0.15) is 10.5 Å². The predicted molar refractivity (Wildman–Crippen MR) is 83.0 cm³/mol. The lowest BCUT2D eigenvalue weighted by Crippen LogP contribution is -2.16. The van der Waals surface area contributed by atoms with Crippen LogP contribution in [-0.2, 0) is 6.42 Å². The van der Waals surface area contributed by atoms with E-state index in [1.165, 1.54) is 11.8 Å². The Morgan fingerprint density at radius 3 is 2.38 bits per heavy atom. The van der Waals surface area contributed by atoms with Crippen LogP contribution in [0.5, 0.6) is 11.5 Å². The molecule has 0 aliphatic rings. The second kappa shape index (κ2) is 8.78. The van der Waals surface area contributed by atoms with E-state index in [1.807, 2.05) is 36.6 Å². The van der Waals surface area contributed by atoms with Gasteiger partial charge in [0.2, 0.25) is 0 Å². The van der Waals surface area contributed by atoms with Crippen LogP contribution in [0.25, 0.3) is 0 Å². The lowest BCUT2D eigenvalue weighted by molar-refractivity contribution is 0.354. The lowest BCUT2D eigenvalue weighted by atomic mass is 10.1. The maximum Gasteiger partial charge on any atom is 0.160 e. The zero-order valence-electron chi connectivity index (χ0n) is 12.3. The minimum absolute atomic E-state index is 0.106. The molecule has 1 N–H and O–H groups in total. The molecule has 1 rings (SSSR count). The van der Waals surface area contributed by atoms with E-state index in [1.54, 1.807) is 14.2 Å². The van der Waals surface area contributed by atoms with Crippen LogP contribution in [0, 0.1) is 22.7 Å². The van der Waals surface area contributed by atoms with Gasteiger partial charge in [0.25, 0.3) is 0 Å². The monoisotopic (exact) mass is 303 g/mol. The van der Waals surface area contributed by atoms with Crippen LogP contribution in [0.15, 0.2) is 28.8 Å². The van der Waals surface area contributed by atoms with Gasteiger partial charge < -0.3 is 14.8 Å². The molecule has 0 heterocycles. The van der Waals surface area contributed by atoms with E-state index in [-0.39, 0.29) is 5.57 Å². The van der Waals surface area contributed by atoms with E-state index in [0.717, 1.165) is 12.0 Å². The number of hydrogen-bond acceptors (Lipinski definition) is 6. The maximum absolute atomic E-state index is 8.86. The fourth-order valence-electron chi connectivity index (χ4n) is 1.75. The third kappa shape index (κ3) is 4.62. The molecule has 0 bridgehead atoms. The number of thioether (sulfide) groups is 1. The van der Waals surface area contributed by atoms with Crippen molar-refractivity contribution in [1.29, 1.82) is 10.5 Å². The molecule has 110 valence electrons. The molecule has 0 spiro atoms. The second-order valence-electron chi connectivity index (χ2n) is 4.00. The number of benzene rings is 1. The third-order valence-corrected chi connectivity index (χ3v) is 3.56. The molecule has 6 heteroatoms. The van der Waals surface area contributed by atoms with Crippen molar-refractivity contribution in [1.82, 2.24) is 5.32 Å². The minimum atomic E-state index is 0.106. The van der Waals surface area contributed by atoms with Gasteiger partial charge in [-0.1, -0.05) is 6.07 Å². The van der Waals surface area contributed by atoms with Gasteiger partial charge in [-0.3, -0.25) is 0 Å². The Balaban J connectivity index is 2.71. The number of nitrogens with one attached hydrogen (secondary N) is 1. The summed E-state index contributed by atoms with van der Waals surface area (Å²) in [6.45, 7) is 0.624. The first-order chi connectivity index (χ1) is 10.2. The molecule has 0 aliphatic carbocycles. The zero-order chi connectivity index (χ0) is 15.7. The molecule has 0 unspecified atom stereocenters. The van der Waals surface area contributed by atoms with Crippen LogP contribution in [0.3, 0.4) is 0 Å². The summed E-state index contributed by atoms with van der Waals surface area (Å²) in [7, 11) is 3.19. The van der Waals surface area contributed by atoms with Gasteiger partial charge in [-0.25, -0.2) is 0 Å². The van der Waals surface area contributed by atoms with Crippen LogP contribution < -0.4 is 14.8 Å². The average molecular weight is 303 g/mol. The van der Waals surface area contributed by atoms with Gasteiger partial charge in [0.1, 0.15) is 12.1 Å². The van der Waals surface area contributed by atoms with Crippen LogP contribution in [0.4, 0.5) is 0 Å². The van der Waals surface area contributed by atoms with Crippen molar-refractivity contribution in [3.8, 4) is 23.6 Å². The quantitative estimate of drug-likeness (QED) is 0.780. The van der Waals surface area contributed by atoms with E-state index < -0.39 is 0 Å². The van der Waals surface area contributed by atoms with E-state index in [4.69, 9.17) is 20.0 Å². The molecule has 0 amide bonds. The topological polar surface area (TPSA) is 78.1 Å². The summed E-state index contributed by atoms with van der Waals surface area (Å²) in [5, 5.41) is 21.4. The Hall–Kier alpha value is -2.31. The molecule has 0 atom stereocenters. The SMILES string of the molecule is COc1ccc(CCNC(SC)=C(C#N)C#N)cc1OC. The normalized spacial score (nSPS) is 9.19. The molecular weight excluding hydrogens is 286 g/mol. The van der Waals surface area contributed by atoms with Crippen molar-refractivity contribution in [3.05, 3.63) is 34.4 Å². The van der Waals surface area contributed by atoms with Gasteiger partial charge in [0.05, 0.1) is 19.2 Å². The number of rotatable bonds is 7. The fraction of sp³-hybridized carbons (Fsp3) is 0.333. The van der Waals surface area contributed by atoms with E-state index >= 15 is 0 Å². The molecule has 0 saturated carbocycles. The summed E-state index contributed by atoms with van der Waals surface area (Å²) in [6, 6.07) is 9.50. The van der Waals surface area contributed by atoms with Gasteiger partial charge in [0, 0.05) is 6.54 Å². The number of hydrogen-bond donors (Lipinski definition) is 1. The standard InChI is InChI=1S/C15H17N3O2S/c1-19-13-5-4-11(8-14(13)20-2)6-7-18-15(21-3)12(9-16)10-17/h4-5,8,18H,6-7H2,1-3H3. The van der Waals surface area contributed by atoms with Crippen LogP contribution >= 0.6 is 11.8 Å². The highest BCUT2D eigenvalue weighted by molar-refractivity contribution is 8.02. The highest BCUT2D eigenvalue weighted by Gasteiger charge is 2.06. The Bertz CT molecular complexity index is 584. The number of ether oxygens (including phenoxy) is 2. The average Bonchev–Trinajstić information content (AvgIpc) is 2.54. The summed E-state index contributed by atoms with van der Waals surface area (Å²) >= 11 is 1.35. The molecule has 0 fully saturated rings. The minimum Gasteiger partial charge on any atom is -0.493 e. The summed E-state index contributed by atoms with van der Waals surface area (Å²) < 4.78 is 10.4. The fourth-order valence-corrected chi connectivity index (χ4v) is 2.29. The van der Waals surface area contributed by atoms with Crippen LogP contribution in [0.2, 0.25) is 0 Å². The summed E-state index contributed by atoms with van der Waals surface area (Å²) in [5.74, 6) is 1.38. The van der Waals surface area contributed by atoms with E-state index in [0.29, 0.717) is 23.1 Å². The number of nitriles is 2. The zero-order valence-corrected chi connectivity index (χ0v) is 13.1. The Morgan fingerprint density at radius 2 is 1.86 bits per heavy atom. The van der Waals surface area contributed by atoms with E-state index in [2.05, 4.69) is 5.32 Å². The highest BCUT2D eigenvalue weighted by atomic mass is 32.2. The number of nitrogens with zero attached hydrogens (tertiary/aromatic N) is 2. The maximum atomic E-state index is 8.86. The summed E-state index contributed by atoms with van der Waals surface area (Å²) in [4.78, 5) is 0. The molecule has 0 aliphatic heterocycles. The number of methoxy groups -OCH3 is 2. The van der Waals surface area contributed by atoms with Crippen LogP contribution in [0.1, 0.15) is 5.56 Å². The van der Waals surface area contributed by atoms with Crippen molar-refractivity contribution in [2.24, 2.45) is 0 Å². The summed E-state index contributed by atoms with van der Waals surface area (Å²) in [6.07, 6.45) is 2.57. The van der Waals surface area contributed by atoms with Crippen molar-refractivity contribution in [2.75, 3.05) is 27.0 Å². The Morgan fingerprint density at radius 1 is 1.19 bits per heavy atom. The van der Waals surface area contributed by atoms with Gasteiger partial charge >= 0.3 is 0 Å². The van der Waals surface area contributed by atoms with Crippen molar-refractivity contribution < 1.29 is 9.47 Å². The van der Waals surface area contributed by atoms with Crippen molar-refractivity contribution in [2.45, 2.75) is 6.42 Å². The first-order valence-electron chi connectivity index (χ1n) is 6.23. The molecular formula is C15H17N3O2S. The van der Waals surface area contributed by atoms with Gasteiger partial charge in [-0.05, 0) is 30.4 Å². The molecule has 0 saturated heterocycles. The molecule has 5 nitrogen and oxygen atoms in total. The van der Waals surface area contributed by atoms with Gasteiger partial charge in [-0.15, -0.1) is 11.8 Å². The largest absolute Gasteiger partial charge is 0.493 e. The molecule has 1 aromatic carbocycles. The second-order valence-corrected chi connectivity index (χ2v) is 4.81. The van der Waals surface area contributed by atoms with Crippen LogP contribution in [-0.4, -0.2) is 27.0 Å². The third-order valence-electron chi connectivity index (χ3n) is 2.80. The Labute approximate surface area is 129 Å². The number of allylic oxidation sites excluding steroid dienone is 1. The van der Waals surface area contributed by atoms with Crippen molar-refractivity contribution in [3.63, 3.8) is 0 Å². The first-order valence-corrected chi connectivity index (χ1v) is 7.45. The molecule has 0 aromatic heterocycles. The van der Waals surface area contributed by atoms with E-state index in [9.17, 15) is 0 Å². The van der Waals surface area contributed by atoms with Gasteiger partial charge in [0.15, 0.2) is 17.1 Å². The predicted octanol–water partition coefficient (Wildman–Crippen LogP) is 2.46. The molecule has 21 heavy (non-hydrogen) atoms. The summed E-state index contributed by atoms with van der Waals surface area (Å²) in [5.41, 5.74) is 1.19. The smallest absolute Gasteiger partial charge is 0.160 e. The lowest BCUT2D eigenvalue weighted by Gasteiger charge is -2.11. The first kappa shape index (κ1) is 16.7. The molecule has 1 aromatic rings. The van der Waals surface area contributed by atoms with Crippen molar-refractivity contribution >= 4 is 11.8 Å². The Kier molecular flexibility index (Phi) is 7.00. The molecule has 0 radical (unpaired) electrons. The highest BCUT2D eigenvalue weighted by Crippen LogP contribution is 2.27.